The van der Waals surface area contributed by atoms with Gasteiger partial charge in [0, 0.05) is 28.6 Å². The molecule has 13 nitrogen and oxygen atoms in total. The van der Waals surface area contributed by atoms with Gasteiger partial charge in [0.15, 0.2) is 0 Å². The molecule has 360 valence electrons. The van der Waals surface area contributed by atoms with Crippen LogP contribution in [0.3, 0.4) is 0 Å². The van der Waals surface area contributed by atoms with Gasteiger partial charge in [-0.1, -0.05) is 92.3 Å². The first kappa shape index (κ1) is 53.6. The van der Waals surface area contributed by atoms with E-state index >= 15 is 0 Å². The van der Waals surface area contributed by atoms with Crippen molar-refractivity contribution in [2.24, 2.45) is 28.9 Å². The van der Waals surface area contributed by atoms with E-state index in [0.29, 0.717) is 34.6 Å². The van der Waals surface area contributed by atoms with Gasteiger partial charge in [0.1, 0.15) is 17.0 Å². The van der Waals surface area contributed by atoms with E-state index in [-0.39, 0.29) is 11.6 Å². The third-order valence-corrected chi connectivity index (χ3v) is 13.4. The molecule has 0 bridgehead atoms. The van der Waals surface area contributed by atoms with Crippen molar-refractivity contribution < 1.29 is 9.47 Å². The van der Waals surface area contributed by atoms with E-state index in [0.717, 1.165) is 90.3 Å². The van der Waals surface area contributed by atoms with Gasteiger partial charge in [-0.25, -0.2) is 5.10 Å². The molecule has 3 heterocycles. The molecule has 0 saturated carbocycles. The van der Waals surface area contributed by atoms with Gasteiger partial charge in [-0.05, 0) is 131 Å². The summed E-state index contributed by atoms with van der Waals surface area (Å²) in [5.74, 6) is 2.12. The van der Waals surface area contributed by atoms with E-state index in [9.17, 15) is 4.79 Å². The Morgan fingerprint density at radius 1 is 0.682 bits per heavy atom. The molecule has 0 radical (unpaired) electrons. The normalized spacial score (nSPS) is 15.2. The number of fused-ring (bicyclic) bond motifs is 3. The second-order valence-electron chi connectivity index (χ2n) is 17.8. The molecule has 0 aliphatic carbocycles. The number of ether oxygens (including phenoxy) is 2. The zero-order valence-electron chi connectivity index (χ0n) is 41.8. The number of H-pyrrole nitrogens is 1. The molecule has 9 N–H and O–H groups in total. The Bertz CT molecular complexity index is 2500. The van der Waals surface area contributed by atoms with E-state index < -0.39 is 16.9 Å². The first-order chi connectivity index (χ1) is 31.6. The van der Waals surface area contributed by atoms with Crippen molar-refractivity contribution in [2.45, 2.75) is 129 Å². The van der Waals surface area contributed by atoms with Gasteiger partial charge in [-0.15, -0.1) is 0 Å². The Morgan fingerprint density at radius 3 is 1.80 bits per heavy atom. The molecule has 3 aromatic heterocycles. The molecule has 6 aromatic rings. The highest BCUT2D eigenvalue weighted by Gasteiger charge is 2.53. The molecule has 5 atom stereocenters. The van der Waals surface area contributed by atoms with Gasteiger partial charge in [0.25, 0.3) is 5.56 Å². The number of benzene rings is 3. The van der Waals surface area contributed by atoms with E-state index in [4.69, 9.17) is 32.4 Å². The topological polar surface area (TPSA) is 201 Å². The Morgan fingerprint density at radius 2 is 1.24 bits per heavy atom. The molecule has 0 spiro atoms. The van der Waals surface area contributed by atoms with Crippen LogP contribution in [0.15, 0.2) is 90.0 Å². The van der Waals surface area contributed by atoms with Gasteiger partial charge >= 0.3 is 0 Å². The Hall–Kier alpha value is -5.02. The third kappa shape index (κ3) is 11.6. The number of aromatic amines is 1. The minimum absolute atomic E-state index is 0.270. The van der Waals surface area contributed by atoms with E-state index in [1.807, 2.05) is 80.0 Å². The maximum Gasteiger partial charge on any atom is 0.272 e. The van der Waals surface area contributed by atoms with Crippen LogP contribution in [0.5, 0.6) is 11.5 Å². The SMILES string of the molecule is CCCC.CCCN(C)C(N)(CCC(C)CC)C(N)c1ccnc2ccc(OC)cc12.CCCN(C)C(N)(CCC)C(N)(c1ccnc2ccc(OC)cc12)c1n[nH]c(=O)c2ccccc12. The minimum atomic E-state index is -1.32. The molecule has 0 amide bonds. The van der Waals surface area contributed by atoms with Gasteiger partial charge < -0.3 is 32.4 Å². The fourth-order valence-electron chi connectivity index (χ4n) is 8.81. The quantitative estimate of drug-likeness (QED) is 0.0456. The van der Waals surface area contributed by atoms with Crippen molar-refractivity contribution in [3.63, 3.8) is 0 Å². The number of hydrogen-bond donors (Lipinski definition) is 5. The van der Waals surface area contributed by atoms with E-state index in [1.165, 1.54) is 12.8 Å². The van der Waals surface area contributed by atoms with Gasteiger partial charge in [0.2, 0.25) is 0 Å². The van der Waals surface area contributed by atoms with E-state index in [2.05, 4.69) is 85.5 Å². The van der Waals surface area contributed by atoms with Crippen molar-refractivity contribution >= 4 is 32.6 Å². The highest BCUT2D eigenvalue weighted by Crippen LogP contribution is 2.44. The highest BCUT2D eigenvalue weighted by molar-refractivity contribution is 5.89. The summed E-state index contributed by atoms with van der Waals surface area (Å²) >= 11 is 0. The number of methoxy groups -OCH3 is 2. The summed E-state index contributed by atoms with van der Waals surface area (Å²) in [6.07, 6.45) is 12.6. The molecule has 5 unspecified atom stereocenters. The summed E-state index contributed by atoms with van der Waals surface area (Å²) in [5.41, 5.74) is 29.6. The van der Waals surface area contributed by atoms with Crippen LogP contribution in [-0.4, -0.2) is 82.7 Å². The van der Waals surface area contributed by atoms with Gasteiger partial charge in [-0.2, -0.15) is 5.10 Å². The fraction of sp³-hybridized carbons (Fsp3) is 0.509. The number of pyridine rings is 2. The molecular weight excluding hydrogens is 825 g/mol. The van der Waals surface area contributed by atoms with Crippen LogP contribution in [0.1, 0.15) is 129 Å². The number of likely N-dealkylation sites (N-methyl/N-ethyl adjacent to an activating group) is 2. The lowest BCUT2D eigenvalue weighted by Crippen LogP contribution is -2.72. The zero-order valence-corrected chi connectivity index (χ0v) is 41.8. The van der Waals surface area contributed by atoms with Crippen LogP contribution in [0.2, 0.25) is 0 Å². The number of nitrogens with one attached hydrogen (secondary N) is 1. The largest absolute Gasteiger partial charge is 0.497 e. The predicted octanol–water partition coefficient (Wildman–Crippen LogP) is 9.35. The van der Waals surface area contributed by atoms with Crippen LogP contribution >= 0.6 is 0 Å². The predicted molar refractivity (Wildman–Crippen MR) is 275 cm³/mol. The maximum atomic E-state index is 12.7. The number of nitrogens with two attached hydrogens (primary N) is 4. The number of nitrogens with zero attached hydrogens (tertiary/aromatic N) is 5. The summed E-state index contributed by atoms with van der Waals surface area (Å²) in [6, 6.07) is 22.6. The van der Waals surface area contributed by atoms with Crippen molar-refractivity contribution in [1.29, 1.82) is 0 Å². The maximum absolute atomic E-state index is 12.7. The molecule has 6 rings (SSSR count). The van der Waals surface area contributed by atoms with Crippen LogP contribution in [0, 0.1) is 5.92 Å². The van der Waals surface area contributed by atoms with Crippen molar-refractivity contribution in [1.82, 2.24) is 30.0 Å². The van der Waals surface area contributed by atoms with Crippen LogP contribution in [0.25, 0.3) is 32.6 Å². The smallest absolute Gasteiger partial charge is 0.272 e. The monoisotopic (exact) mass is 905 g/mol. The summed E-state index contributed by atoms with van der Waals surface area (Å²) in [5, 5.41) is 10.3. The summed E-state index contributed by atoms with van der Waals surface area (Å²) in [6.45, 7) is 16.9. The summed E-state index contributed by atoms with van der Waals surface area (Å²) in [4.78, 5) is 26.1. The minimum Gasteiger partial charge on any atom is -0.497 e. The Balaban J connectivity index is 0.000000275. The molecule has 0 fully saturated rings. The molecule has 0 aliphatic rings. The third-order valence-electron chi connectivity index (χ3n) is 13.4. The molecule has 0 aliphatic heterocycles. The summed E-state index contributed by atoms with van der Waals surface area (Å²) in [7, 11) is 7.39. The second kappa shape index (κ2) is 24.7. The molecule has 66 heavy (non-hydrogen) atoms. The lowest BCUT2D eigenvalue weighted by atomic mass is 9.71. The Kier molecular flexibility index (Phi) is 20.0. The number of unbranched alkanes of at least 4 members (excludes halogenated alkanes) is 1. The fourth-order valence-corrected chi connectivity index (χ4v) is 8.81. The molecular formula is C53H80N10O3. The number of hydrogen-bond acceptors (Lipinski definition) is 12. The standard InChI is InChI=1S/C27H34N6O2.C22H36N4O.C4H10/c1-5-14-26(28,33(3)16-6-2)27(29,24-19-9-7-8-10-20(19)25(34)32-31-24)22-13-15-30-23-12-11-18(35-4)17-21(22)23;1-6-14-26(4)22(24,12-10-16(3)7-2)21(23)18-11-13-25-20-9-8-17(27-5)15-19(18)20;1-3-4-2/h7-13,15,17H,5-6,14,16,28-29H2,1-4H3,(H,32,34);8-9,11,13,15-16,21H,6-7,10,12,14,23-24H2,1-5H3;3-4H2,1-2H3. The first-order valence-electron chi connectivity index (χ1n) is 24.0. The van der Waals surface area contributed by atoms with E-state index in [1.54, 1.807) is 26.5 Å². The lowest BCUT2D eigenvalue weighted by Gasteiger charge is -2.51. The lowest BCUT2D eigenvalue weighted by molar-refractivity contribution is 0.0446. The number of aromatic nitrogens is 4. The molecule has 3 aromatic carbocycles. The zero-order chi connectivity index (χ0) is 48.7. The average Bonchev–Trinajstić information content (AvgIpc) is 3.34. The van der Waals surface area contributed by atoms with Crippen LogP contribution in [0.4, 0.5) is 0 Å². The van der Waals surface area contributed by atoms with Crippen LogP contribution < -0.4 is 38.0 Å². The molecule has 13 heteroatoms. The van der Waals surface area contributed by atoms with Crippen LogP contribution in [-0.2, 0) is 5.54 Å². The summed E-state index contributed by atoms with van der Waals surface area (Å²) < 4.78 is 10.9. The second-order valence-corrected chi connectivity index (χ2v) is 17.8. The van der Waals surface area contributed by atoms with Crippen molar-refractivity contribution in [3.8, 4) is 11.5 Å². The number of rotatable bonds is 20. The van der Waals surface area contributed by atoms with Crippen molar-refractivity contribution in [2.75, 3.05) is 41.4 Å². The average molecular weight is 905 g/mol. The highest BCUT2D eigenvalue weighted by atomic mass is 16.5. The molecule has 0 saturated heterocycles. The first-order valence-corrected chi connectivity index (χ1v) is 24.0. The Labute approximate surface area is 394 Å². The van der Waals surface area contributed by atoms with Gasteiger partial charge in [-0.3, -0.25) is 24.6 Å². The van der Waals surface area contributed by atoms with Gasteiger partial charge in [0.05, 0.1) is 53.7 Å². The van der Waals surface area contributed by atoms with Crippen molar-refractivity contribution in [3.05, 3.63) is 112 Å².